The average Bonchev–Trinajstić information content (AvgIpc) is 3.02. The molecule has 0 bridgehead atoms. The highest BCUT2D eigenvalue weighted by Gasteiger charge is 2.15. The second-order valence-corrected chi connectivity index (χ2v) is 7.45. The first kappa shape index (κ1) is 20.6. The maximum atomic E-state index is 6.12. The van der Waals surface area contributed by atoms with Crippen molar-refractivity contribution in [3.63, 3.8) is 0 Å². The van der Waals surface area contributed by atoms with Crippen molar-refractivity contribution in [3.8, 4) is 0 Å². The summed E-state index contributed by atoms with van der Waals surface area (Å²) in [6.45, 7) is 7.69. The van der Waals surface area contributed by atoms with Crippen LogP contribution in [0.1, 0.15) is 18.2 Å². The van der Waals surface area contributed by atoms with Gasteiger partial charge in [-0.05, 0) is 24.6 Å². The first-order chi connectivity index (χ1) is 13.6. The van der Waals surface area contributed by atoms with Crippen LogP contribution in [-0.4, -0.2) is 55.3 Å². The van der Waals surface area contributed by atoms with E-state index >= 15 is 0 Å². The van der Waals surface area contributed by atoms with E-state index in [1.807, 2.05) is 19.3 Å². The van der Waals surface area contributed by atoms with Gasteiger partial charge in [0, 0.05) is 51.3 Å². The Labute approximate surface area is 172 Å². The molecule has 1 aromatic heterocycles. The molecular weight excluding hydrogens is 374 g/mol. The highest BCUT2D eigenvalue weighted by molar-refractivity contribution is 6.30. The third-order valence-corrected chi connectivity index (χ3v) is 5.12. The Hall–Kier alpha value is -2.18. The van der Waals surface area contributed by atoms with Gasteiger partial charge in [-0.1, -0.05) is 29.8 Å². The van der Waals surface area contributed by atoms with Crippen molar-refractivity contribution in [3.05, 3.63) is 52.8 Å². The van der Waals surface area contributed by atoms with Crippen LogP contribution in [0.25, 0.3) is 0 Å². The van der Waals surface area contributed by atoms with Crippen LogP contribution in [0.15, 0.2) is 41.5 Å². The molecule has 2 aromatic rings. The largest absolute Gasteiger partial charge is 0.378 e. The van der Waals surface area contributed by atoms with E-state index in [4.69, 9.17) is 21.3 Å². The van der Waals surface area contributed by atoms with E-state index in [2.05, 4.69) is 57.9 Å². The summed E-state index contributed by atoms with van der Waals surface area (Å²) in [6, 6.07) is 10.5. The van der Waals surface area contributed by atoms with Crippen LogP contribution in [0, 0.1) is 0 Å². The monoisotopic (exact) mass is 403 g/mol. The van der Waals surface area contributed by atoms with Gasteiger partial charge in [-0.3, -0.25) is 0 Å². The molecule has 1 fully saturated rings. The minimum absolute atomic E-state index is 0.633. The quantitative estimate of drug-likeness (QED) is 0.594. The van der Waals surface area contributed by atoms with Gasteiger partial charge in [0.05, 0.1) is 31.3 Å². The number of halogens is 1. The van der Waals surface area contributed by atoms with Gasteiger partial charge in [0.1, 0.15) is 0 Å². The third kappa shape index (κ3) is 5.20. The lowest BCUT2D eigenvalue weighted by molar-refractivity contribution is 0.122. The molecule has 1 aliphatic heterocycles. The maximum absolute atomic E-state index is 6.12. The molecule has 0 unspecified atom stereocenters. The summed E-state index contributed by atoms with van der Waals surface area (Å²) in [5.41, 5.74) is 3.63. The summed E-state index contributed by atoms with van der Waals surface area (Å²) in [7, 11) is 4.06. The van der Waals surface area contributed by atoms with E-state index < -0.39 is 0 Å². The van der Waals surface area contributed by atoms with Crippen LogP contribution in [0.5, 0.6) is 0 Å². The summed E-state index contributed by atoms with van der Waals surface area (Å²) in [6.07, 6.45) is 1.92. The fraction of sp³-hybridized carbons (Fsp3) is 0.476. The van der Waals surface area contributed by atoms with Crippen LogP contribution >= 0.6 is 11.6 Å². The molecule has 7 heteroatoms. The van der Waals surface area contributed by atoms with Gasteiger partial charge in [-0.2, -0.15) is 0 Å². The Morgan fingerprint density at radius 1 is 1.29 bits per heavy atom. The molecule has 28 heavy (non-hydrogen) atoms. The van der Waals surface area contributed by atoms with Crippen molar-refractivity contribution in [2.24, 2.45) is 12.0 Å². The minimum Gasteiger partial charge on any atom is -0.378 e. The maximum Gasteiger partial charge on any atom is 0.194 e. The van der Waals surface area contributed by atoms with Crippen LogP contribution in [0.3, 0.4) is 0 Å². The van der Waals surface area contributed by atoms with E-state index in [0.29, 0.717) is 6.54 Å². The summed E-state index contributed by atoms with van der Waals surface area (Å²) in [5, 5.41) is 4.15. The van der Waals surface area contributed by atoms with Crippen LogP contribution in [0.2, 0.25) is 5.02 Å². The van der Waals surface area contributed by atoms with E-state index in [1.165, 1.54) is 11.3 Å². The normalized spacial score (nSPS) is 15.0. The van der Waals surface area contributed by atoms with E-state index in [-0.39, 0.29) is 0 Å². The molecule has 2 heterocycles. The lowest BCUT2D eigenvalue weighted by Crippen LogP contribution is -2.39. The zero-order valence-electron chi connectivity index (χ0n) is 17.0. The number of hydrogen-bond acceptors (Lipinski definition) is 3. The summed E-state index contributed by atoms with van der Waals surface area (Å²) < 4.78 is 7.55. The molecule has 6 nitrogen and oxygen atoms in total. The second kappa shape index (κ2) is 9.85. The Balaban J connectivity index is 1.74. The number of morpholine rings is 1. The fourth-order valence-electron chi connectivity index (χ4n) is 3.43. The number of nitrogens with one attached hydrogen (secondary N) is 1. The first-order valence-electron chi connectivity index (χ1n) is 9.79. The number of guanidine groups is 1. The van der Waals surface area contributed by atoms with E-state index in [9.17, 15) is 0 Å². The first-order valence-corrected chi connectivity index (χ1v) is 10.2. The highest BCUT2D eigenvalue weighted by atomic mass is 35.5. The molecule has 1 saturated heterocycles. The predicted octanol–water partition coefficient (Wildman–Crippen LogP) is 3.11. The Bertz CT molecular complexity index is 798. The molecule has 3 rings (SSSR count). The SMILES string of the molecule is CCNC(=NCc1ccccc1N1CCOCC1)N(C)Cc1cc(Cl)cn1C. The van der Waals surface area contributed by atoms with Gasteiger partial charge in [-0.25, -0.2) is 4.99 Å². The fourth-order valence-corrected chi connectivity index (χ4v) is 3.70. The lowest BCUT2D eigenvalue weighted by atomic mass is 10.1. The summed E-state index contributed by atoms with van der Waals surface area (Å²) in [5.74, 6) is 0.886. The van der Waals surface area contributed by atoms with Crippen molar-refractivity contribution in [2.45, 2.75) is 20.0 Å². The Kier molecular flexibility index (Phi) is 7.23. The standard InChI is InChI=1S/C21H30ClN5O/c1-4-23-21(26(3)16-19-13-18(22)15-25(19)2)24-14-17-7-5-6-8-20(17)27-9-11-28-12-10-27/h5-8,13,15H,4,9-12,14,16H2,1-3H3,(H,23,24). The van der Waals surface area contributed by atoms with Crippen molar-refractivity contribution in [1.82, 2.24) is 14.8 Å². The molecule has 1 aromatic carbocycles. The molecule has 0 spiro atoms. The van der Waals surface area contributed by atoms with Gasteiger partial charge in [0.2, 0.25) is 0 Å². The Morgan fingerprint density at radius 2 is 2.04 bits per heavy atom. The molecule has 0 saturated carbocycles. The van der Waals surface area contributed by atoms with Crippen LogP contribution < -0.4 is 10.2 Å². The smallest absolute Gasteiger partial charge is 0.194 e. The summed E-state index contributed by atoms with van der Waals surface area (Å²) >= 11 is 6.12. The predicted molar refractivity (Wildman–Crippen MR) is 116 cm³/mol. The van der Waals surface area contributed by atoms with E-state index in [1.54, 1.807) is 0 Å². The number of benzene rings is 1. The van der Waals surface area contributed by atoms with Gasteiger partial charge in [0.15, 0.2) is 5.96 Å². The zero-order valence-corrected chi connectivity index (χ0v) is 17.7. The third-order valence-electron chi connectivity index (χ3n) is 4.91. The molecule has 0 radical (unpaired) electrons. The molecule has 0 amide bonds. The molecule has 1 N–H and O–H groups in total. The average molecular weight is 404 g/mol. The van der Waals surface area contributed by atoms with Crippen molar-refractivity contribution in [1.29, 1.82) is 0 Å². The number of hydrogen-bond donors (Lipinski definition) is 1. The summed E-state index contributed by atoms with van der Waals surface area (Å²) in [4.78, 5) is 9.42. The number of rotatable bonds is 6. The number of aromatic nitrogens is 1. The lowest BCUT2D eigenvalue weighted by Gasteiger charge is -2.30. The second-order valence-electron chi connectivity index (χ2n) is 7.01. The molecular formula is C21H30ClN5O. The number of ether oxygens (including phenoxy) is 1. The molecule has 0 atom stereocenters. The van der Waals surface area contributed by atoms with Gasteiger partial charge in [0.25, 0.3) is 0 Å². The molecule has 152 valence electrons. The van der Waals surface area contributed by atoms with Gasteiger partial charge >= 0.3 is 0 Å². The van der Waals surface area contributed by atoms with Crippen LogP contribution in [-0.2, 0) is 24.9 Å². The molecule has 0 aliphatic carbocycles. The van der Waals surface area contributed by atoms with E-state index in [0.717, 1.165) is 56.1 Å². The van der Waals surface area contributed by atoms with Crippen molar-refractivity contribution < 1.29 is 4.74 Å². The zero-order chi connectivity index (χ0) is 19.9. The molecule has 1 aliphatic rings. The topological polar surface area (TPSA) is 45.0 Å². The highest BCUT2D eigenvalue weighted by Crippen LogP contribution is 2.22. The van der Waals surface area contributed by atoms with Crippen LogP contribution in [0.4, 0.5) is 5.69 Å². The number of aryl methyl sites for hydroxylation is 1. The number of anilines is 1. The number of nitrogens with zero attached hydrogens (tertiary/aromatic N) is 4. The van der Waals surface area contributed by atoms with Crippen molar-refractivity contribution >= 4 is 23.2 Å². The number of para-hydroxylation sites is 1. The minimum atomic E-state index is 0.633. The van der Waals surface area contributed by atoms with Gasteiger partial charge in [-0.15, -0.1) is 0 Å². The van der Waals surface area contributed by atoms with Gasteiger partial charge < -0.3 is 24.4 Å². The van der Waals surface area contributed by atoms with Crippen molar-refractivity contribution in [2.75, 3.05) is 44.8 Å². The number of aliphatic imine (C=N–C) groups is 1. The Morgan fingerprint density at radius 3 is 2.71 bits per heavy atom.